The summed E-state index contributed by atoms with van der Waals surface area (Å²) in [5, 5.41) is 7.40. The van der Waals surface area contributed by atoms with Crippen LogP contribution in [0.15, 0.2) is 151 Å². The summed E-state index contributed by atoms with van der Waals surface area (Å²) in [6.07, 6.45) is 9.74. The van der Waals surface area contributed by atoms with E-state index in [4.69, 9.17) is 5.73 Å². The normalized spacial score (nSPS) is 13.5. The Labute approximate surface area is 255 Å². The molecule has 0 bridgehead atoms. The first-order chi connectivity index (χ1) is 21.7. The maximum absolute atomic E-state index is 6.25. The molecule has 3 nitrogen and oxygen atoms in total. The number of benzene rings is 6. The second-order valence-electron chi connectivity index (χ2n) is 11.2. The highest BCUT2D eigenvalue weighted by molar-refractivity contribution is 6.27. The van der Waals surface area contributed by atoms with Crippen LogP contribution in [0.5, 0.6) is 0 Å². The predicted octanol–water partition coefficient (Wildman–Crippen LogP) is 9.15. The molecule has 0 spiro atoms. The first-order valence-electron chi connectivity index (χ1n) is 15.0. The van der Waals surface area contributed by atoms with E-state index in [0.717, 1.165) is 22.5 Å². The molecule has 0 radical (unpaired) electrons. The molecule has 6 aromatic carbocycles. The van der Waals surface area contributed by atoms with Crippen LogP contribution >= 0.6 is 0 Å². The number of nitrogens with two attached hydrogens (primary N) is 1. The zero-order chi connectivity index (χ0) is 29.6. The molecule has 2 N–H and O–H groups in total. The largest absolute Gasteiger partial charge is 0.392 e. The van der Waals surface area contributed by atoms with Gasteiger partial charge in [0.25, 0.3) is 0 Å². The number of hydrogen-bond donors (Lipinski definition) is 1. The van der Waals surface area contributed by atoms with Gasteiger partial charge in [-0.2, -0.15) is 0 Å². The van der Waals surface area contributed by atoms with Crippen molar-refractivity contribution in [3.05, 3.63) is 157 Å². The van der Waals surface area contributed by atoms with E-state index < -0.39 is 0 Å². The topological polar surface area (TPSA) is 45.1 Å². The molecule has 1 aliphatic heterocycles. The van der Waals surface area contributed by atoms with Gasteiger partial charge in [-0.25, -0.2) is 0 Å². The number of allylic oxidation sites excluding steroid dienone is 5. The van der Waals surface area contributed by atoms with Gasteiger partial charge in [-0.05, 0) is 70.1 Å². The number of nitrogens with zero attached hydrogens (tertiary/aromatic N) is 2. The molecule has 208 valence electrons. The van der Waals surface area contributed by atoms with Gasteiger partial charge in [0, 0.05) is 27.9 Å². The molecule has 0 saturated carbocycles. The van der Waals surface area contributed by atoms with Crippen molar-refractivity contribution in [2.75, 3.05) is 0 Å². The molecule has 3 heteroatoms. The number of fused-ring (bicyclic) bond motifs is 6. The standard InChI is InChI=1S/C41H30N3/c1-2-3-16-38(42)39-24-31(26-43-39)28-17-20-35-29(23-28)19-22-37-36-21-18-30(34-15-9-11-27-10-7-8-14-33(27)34)25-40(36)44(41(35)37)32-12-5-4-6-13-32/h2-26H,42H2,1H3/q+1/b3-2-,38-16-. The van der Waals surface area contributed by atoms with Gasteiger partial charge in [-0.1, -0.05) is 114 Å². The highest BCUT2D eigenvalue weighted by Gasteiger charge is 2.21. The molecule has 2 heterocycles. The van der Waals surface area contributed by atoms with Gasteiger partial charge in [-0.3, -0.25) is 0 Å². The molecule has 0 amide bonds. The molecule has 7 aromatic rings. The monoisotopic (exact) mass is 564 g/mol. The minimum absolute atomic E-state index is 0.659. The van der Waals surface area contributed by atoms with Gasteiger partial charge < -0.3 is 10.3 Å². The van der Waals surface area contributed by atoms with Crippen LogP contribution in [0.2, 0.25) is 0 Å². The van der Waals surface area contributed by atoms with Crippen molar-refractivity contribution in [2.24, 2.45) is 5.73 Å². The van der Waals surface area contributed by atoms with Crippen LogP contribution in [0.3, 0.4) is 0 Å². The fraction of sp³-hybridized carbons (Fsp3) is 0.0244. The number of hydrogen-bond acceptors (Lipinski definition) is 1. The van der Waals surface area contributed by atoms with Gasteiger partial charge in [0.2, 0.25) is 0 Å². The predicted molar refractivity (Wildman–Crippen MR) is 189 cm³/mol. The van der Waals surface area contributed by atoms with Gasteiger partial charge in [-0.15, -0.1) is 0 Å². The third kappa shape index (κ3) is 4.19. The van der Waals surface area contributed by atoms with Crippen LogP contribution in [-0.4, -0.2) is 16.5 Å². The van der Waals surface area contributed by atoms with E-state index in [9.17, 15) is 0 Å². The molecule has 0 fully saturated rings. The van der Waals surface area contributed by atoms with Crippen LogP contribution in [0, 0.1) is 0 Å². The second kappa shape index (κ2) is 10.4. The third-order valence-electron chi connectivity index (χ3n) is 8.59. The van der Waals surface area contributed by atoms with Gasteiger partial charge in [0.05, 0.1) is 16.6 Å². The Kier molecular flexibility index (Phi) is 6.11. The number of rotatable bonds is 5. The van der Waals surface area contributed by atoms with Crippen molar-refractivity contribution < 1.29 is 0 Å². The minimum atomic E-state index is 0.659. The first kappa shape index (κ1) is 25.8. The van der Waals surface area contributed by atoms with Crippen LogP contribution in [0.1, 0.15) is 12.5 Å². The Bertz CT molecular complexity index is 2420. The van der Waals surface area contributed by atoms with Crippen LogP contribution in [-0.2, 0) is 0 Å². The maximum atomic E-state index is 6.25. The summed E-state index contributed by atoms with van der Waals surface area (Å²) in [6, 6.07) is 44.0. The average Bonchev–Trinajstić information content (AvgIpc) is 3.71. The fourth-order valence-electron chi connectivity index (χ4n) is 6.47. The Morgan fingerprint density at radius 3 is 2.34 bits per heavy atom. The first-order valence-corrected chi connectivity index (χ1v) is 15.0. The summed E-state index contributed by atoms with van der Waals surface area (Å²) in [6.45, 7) is 1.97. The van der Waals surface area contributed by atoms with Crippen molar-refractivity contribution in [3.8, 4) is 16.8 Å². The van der Waals surface area contributed by atoms with E-state index in [1.165, 1.54) is 54.5 Å². The van der Waals surface area contributed by atoms with Crippen molar-refractivity contribution >= 4 is 60.9 Å². The molecular weight excluding hydrogens is 534 g/mol. The summed E-state index contributed by atoms with van der Waals surface area (Å²) >= 11 is 0. The molecular formula is C41H30N3+. The number of para-hydroxylation sites is 1. The van der Waals surface area contributed by atoms with E-state index >= 15 is 0 Å². The molecule has 0 aliphatic carbocycles. The van der Waals surface area contributed by atoms with Crippen molar-refractivity contribution in [1.29, 1.82) is 0 Å². The quantitative estimate of drug-likeness (QED) is 0.164. The van der Waals surface area contributed by atoms with Crippen molar-refractivity contribution in [3.63, 3.8) is 0 Å². The van der Waals surface area contributed by atoms with Gasteiger partial charge >= 0.3 is 11.9 Å². The summed E-state index contributed by atoms with van der Waals surface area (Å²) in [7, 11) is 0. The Hall–Kier alpha value is -5.89. The van der Waals surface area contributed by atoms with E-state index in [-0.39, 0.29) is 0 Å². The molecule has 1 aromatic heterocycles. The van der Waals surface area contributed by atoms with E-state index in [1.807, 2.05) is 31.4 Å². The third-order valence-corrected chi connectivity index (χ3v) is 8.59. The Morgan fingerprint density at radius 2 is 1.45 bits per heavy atom. The lowest BCUT2D eigenvalue weighted by Crippen LogP contribution is -2.09. The maximum Gasteiger partial charge on any atom is 0.350 e. The average molecular weight is 565 g/mol. The van der Waals surface area contributed by atoms with Gasteiger partial charge in [0.15, 0.2) is 0 Å². The minimum Gasteiger partial charge on any atom is -0.392 e. The Morgan fingerprint density at radius 1 is 0.682 bits per heavy atom. The zero-order valence-electron chi connectivity index (χ0n) is 24.4. The fourth-order valence-corrected chi connectivity index (χ4v) is 6.47. The summed E-state index contributed by atoms with van der Waals surface area (Å²) in [4.78, 5) is 0. The molecule has 0 saturated heterocycles. The van der Waals surface area contributed by atoms with E-state index in [1.54, 1.807) is 0 Å². The molecule has 1 aliphatic rings. The molecule has 8 rings (SSSR count). The molecule has 0 atom stereocenters. The van der Waals surface area contributed by atoms with Crippen LogP contribution in [0.25, 0.3) is 65.7 Å². The zero-order valence-corrected chi connectivity index (χ0v) is 24.4. The second-order valence-corrected chi connectivity index (χ2v) is 11.2. The lowest BCUT2D eigenvalue weighted by atomic mass is 9.97. The van der Waals surface area contributed by atoms with E-state index in [0.29, 0.717) is 5.70 Å². The smallest absolute Gasteiger partial charge is 0.350 e. The van der Waals surface area contributed by atoms with Crippen LogP contribution in [0.4, 0.5) is 0 Å². The summed E-state index contributed by atoms with van der Waals surface area (Å²) < 4.78 is 7.01. The van der Waals surface area contributed by atoms with Gasteiger partial charge in [0.1, 0.15) is 5.70 Å². The van der Waals surface area contributed by atoms with E-state index in [2.05, 4.69) is 137 Å². The Balaban J connectivity index is 1.34. The van der Waals surface area contributed by atoms with Crippen LogP contribution < -0.4 is 10.4 Å². The highest BCUT2D eigenvalue weighted by Crippen LogP contribution is 2.40. The summed E-state index contributed by atoms with van der Waals surface area (Å²) in [5.74, 6) is 0. The highest BCUT2D eigenvalue weighted by atomic mass is 15.0. The van der Waals surface area contributed by atoms with Crippen molar-refractivity contribution in [1.82, 2.24) is 9.24 Å². The molecule has 44 heavy (non-hydrogen) atoms. The number of aromatic nitrogens is 1. The lowest BCUT2D eigenvalue weighted by molar-refractivity contribution is 1.19. The molecule has 0 unspecified atom stereocenters. The summed E-state index contributed by atoms with van der Waals surface area (Å²) in [5.41, 5.74) is 15.9. The lowest BCUT2D eigenvalue weighted by Gasteiger charge is -2.11. The SMILES string of the molecule is C/C=C\C=C(/N)C1=[N+]=CC(c2ccc3c(ccc4c5ccc(-c6cccc7ccccc67)cc5n(-c5ccccc5)c34)c2)=C1. The van der Waals surface area contributed by atoms with Crippen molar-refractivity contribution in [2.45, 2.75) is 6.92 Å².